The van der Waals surface area contributed by atoms with E-state index in [0.29, 0.717) is 34.4 Å². The lowest BCUT2D eigenvalue weighted by atomic mass is 10.1. The Labute approximate surface area is 163 Å². The second kappa shape index (κ2) is 9.83. The summed E-state index contributed by atoms with van der Waals surface area (Å²) in [6.45, 7) is 3.83. The third kappa shape index (κ3) is 5.89. The van der Waals surface area contributed by atoms with E-state index in [2.05, 4.69) is 5.32 Å². The molecule has 0 aliphatic heterocycles. The Bertz CT molecular complexity index is 809. The summed E-state index contributed by atoms with van der Waals surface area (Å²) in [4.78, 5) is 24.5. The smallest absolute Gasteiger partial charge is 0.311 e. The zero-order valence-electron chi connectivity index (χ0n) is 15.5. The Kier molecular flexibility index (Phi) is 7.49. The first-order valence-electron chi connectivity index (χ1n) is 8.49. The fraction of sp³-hybridized carbons (Fsp3) is 0.300. The third-order valence-corrected chi connectivity index (χ3v) is 3.93. The van der Waals surface area contributed by atoms with Crippen LogP contribution in [-0.2, 0) is 20.7 Å². The van der Waals surface area contributed by atoms with Crippen LogP contribution in [0.5, 0.6) is 11.5 Å². The van der Waals surface area contributed by atoms with Gasteiger partial charge in [-0.2, -0.15) is 0 Å². The molecule has 2 rings (SSSR count). The molecule has 0 saturated heterocycles. The molecule has 0 aromatic heterocycles. The van der Waals surface area contributed by atoms with Gasteiger partial charge >= 0.3 is 5.97 Å². The van der Waals surface area contributed by atoms with Crippen LogP contribution in [0.25, 0.3) is 0 Å². The highest BCUT2D eigenvalue weighted by Crippen LogP contribution is 2.25. The minimum atomic E-state index is -0.975. The number of para-hydroxylation sites is 2. The molecule has 2 aromatic carbocycles. The average Bonchev–Trinajstić information content (AvgIpc) is 2.63. The van der Waals surface area contributed by atoms with Crippen molar-refractivity contribution < 1.29 is 23.8 Å². The van der Waals surface area contributed by atoms with E-state index in [4.69, 9.17) is 25.8 Å². The third-order valence-electron chi connectivity index (χ3n) is 3.70. The van der Waals surface area contributed by atoms with Crippen molar-refractivity contribution in [2.75, 3.05) is 19.0 Å². The fourth-order valence-electron chi connectivity index (χ4n) is 2.42. The fourth-order valence-corrected chi connectivity index (χ4v) is 2.61. The molecule has 1 amide bonds. The molecular formula is C20H22ClNO5. The van der Waals surface area contributed by atoms with Crippen LogP contribution in [0.3, 0.4) is 0 Å². The van der Waals surface area contributed by atoms with E-state index in [0.717, 1.165) is 0 Å². The van der Waals surface area contributed by atoms with Gasteiger partial charge in [0.05, 0.1) is 25.8 Å². The van der Waals surface area contributed by atoms with Crippen LogP contribution in [-0.4, -0.2) is 31.7 Å². The van der Waals surface area contributed by atoms with Crippen molar-refractivity contribution in [1.82, 2.24) is 0 Å². The van der Waals surface area contributed by atoms with Gasteiger partial charge in [0.1, 0.15) is 11.5 Å². The Hall–Kier alpha value is -2.73. The summed E-state index contributed by atoms with van der Waals surface area (Å²) in [7, 11) is 1.50. The van der Waals surface area contributed by atoms with Gasteiger partial charge in [0.25, 0.3) is 5.91 Å². The number of hydrogen-bond donors (Lipinski definition) is 1. The standard InChI is InChI=1S/C20H22ClNO5/c1-4-26-18-8-6-5-7-16(18)22-20(24)13(2)27-19(23)12-14-11-15(21)9-10-17(14)25-3/h5-11,13H,4,12H2,1-3H3,(H,22,24)/t13-/m0/s1. The van der Waals surface area contributed by atoms with Gasteiger partial charge < -0.3 is 19.5 Å². The number of amides is 1. The summed E-state index contributed by atoms with van der Waals surface area (Å²) in [6.07, 6.45) is -1.03. The molecule has 0 fully saturated rings. The van der Waals surface area contributed by atoms with E-state index in [-0.39, 0.29) is 6.42 Å². The number of benzene rings is 2. The summed E-state index contributed by atoms with van der Waals surface area (Å²) in [5.41, 5.74) is 1.10. The van der Waals surface area contributed by atoms with E-state index in [1.165, 1.54) is 14.0 Å². The summed E-state index contributed by atoms with van der Waals surface area (Å²) in [5.74, 6) is 0.0690. The molecule has 27 heavy (non-hydrogen) atoms. The zero-order chi connectivity index (χ0) is 19.8. The highest BCUT2D eigenvalue weighted by Gasteiger charge is 2.20. The van der Waals surface area contributed by atoms with Crippen molar-refractivity contribution in [3.63, 3.8) is 0 Å². The summed E-state index contributed by atoms with van der Waals surface area (Å²) >= 11 is 5.96. The number of carbonyl (C=O) groups is 2. The maximum Gasteiger partial charge on any atom is 0.311 e. The molecule has 7 heteroatoms. The van der Waals surface area contributed by atoms with E-state index >= 15 is 0 Å². The van der Waals surface area contributed by atoms with Gasteiger partial charge in [-0.1, -0.05) is 23.7 Å². The Morgan fingerprint density at radius 2 is 1.89 bits per heavy atom. The van der Waals surface area contributed by atoms with Crippen LogP contribution in [0.2, 0.25) is 5.02 Å². The number of rotatable bonds is 8. The van der Waals surface area contributed by atoms with E-state index in [1.807, 2.05) is 13.0 Å². The SMILES string of the molecule is CCOc1ccccc1NC(=O)[C@H](C)OC(=O)Cc1cc(Cl)ccc1OC. The van der Waals surface area contributed by atoms with E-state index < -0.39 is 18.0 Å². The van der Waals surface area contributed by atoms with Gasteiger partial charge in [0, 0.05) is 10.6 Å². The normalized spacial score (nSPS) is 11.4. The van der Waals surface area contributed by atoms with Gasteiger partial charge in [-0.15, -0.1) is 0 Å². The molecule has 0 spiro atoms. The van der Waals surface area contributed by atoms with Crippen molar-refractivity contribution in [3.05, 3.63) is 53.1 Å². The number of nitrogens with one attached hydrogen (secondary N) is 1. The lowest BCUT2D eigenvalue weighted by Crippen LogP contribution is -2.30. The molecule has 1 atom stereocenters. The molecule has 0 aliphatic carbocycles. The lowest BCUT2D eigenvalue weighted by Gasteiger charge is -2.16. The van der Waals surface area contributed by atoms with Crippen molar-refractivity contribution in [3.8, 4) is 11.5 Å². The number of hydrogen-bond acceptors (Lipinski definition) is 5. The number of halogens is 1. The molecule has 0 bridgehead atoms. The molecule has 2 aromatic rings. The number of anilines is 1. The summed E-state index contributed by atoms with van der Waals surface area (Å²) in [5, 5.41) is 3.19. The van der Waals surface area contributed by atoms with Crippen LogP contribution in [0.4, 0.5) is 5.69 Å². The molecule has 1 N–H and O–H groups in total. The topological polar surface area (TPSA) is 73.9 Å². The molecule has 0 unspecified atom stereocenters. The van der Waals surface area contributed by atoms with E-state index in [9.17, 15) is 9.59 Å². The molecule has 0 heterocycles. The zero-order valence-corrected chi connectivity index (χ0v) is 16.2. The van der Waals surface area contributed by atoms with Crippen LogP contribution in [0.15, 0.2) is 42.5 Å². The van der Waals surface area contributed by atoms with E-state index in [1.54, 1.807) is 36.4 Å². The second-order valence-electron chi connectivity index (χ2n) is 5.68. The van der Waals surface area contributed by atoms with Gasteiger partial charge in [-0.25, -0.2) is 0 Å². The minimum absolute atomic E-state index is 0.0586. The number of carbonyl (C=O) groups excluding carboxylic acids is 2. The van der Waals surface area contributed by atoms with Gasteiger partial charge in [0.2, 0.25) is 0 Å². The van der Waals surface area contributed by atoms with Crippen molar-refractivity contribution in [1.29, 1.82) is 0 Å². The maximum absolute atomic E-state index is 12.3. The number of ether oxygens (including phenoxy) is 3. The molecule has 0 radical (unpaired) electrons. The highest BCUT2D eigenvalue weighted by atomic mass is 35.5. The van der Waals surface area contributed by atoms with Crippen LogP contribution < -0.4 is 14.8 Å². The van der Waals surface area contributed by atoms with Gasteiger partial charge in [-0.3, -0.25) is 9.59 Å². The largest absolute Gasteiger partial charge is 0.496 e. The van der Waals surface area contributed by atoms with Crippen molar-refractivity contribution in [2.24, 2.45) is 0 Å². The first kappa shape index (κ1) is 20.6. The maximum atomic E-state index is 12.3. The Morgan fingerprint density at radius 1 is 1.15 bits per heavy atom. The molecule has 0 aliphatic rings. The van der Waals surface area contributed by atoms with Crippen LogP contribution in [0, 0.1) is 0 Å². The predicted molar refractivity (Wildman–Crippen MR) is 104 cm³/mol. The summed E-state index contributed by atoms with van der Waals surface area (Å²) < 4.78 is 15.9. The van der Waals surface area contributed by atoms with Gasteiger partial charge in [-0.05, 0) is 44.2 Å². The summed E-state index contributed by atoms with van der Waals surface area (Å²) in [6, 6.07) is 12.0. The van der Waals surface area contributed by atoms with Gasteiger partial charge in [0.15, 0.2) is 6.10 Å². The number of methoxy groups -OCH3 is 1. The molecular weight excluding hydrogens is 370 g/mol. The number of esters is 1. The monoisotopic (exact) mass is 391 g/mol. The minimum Gasteiger partial charge on any atom is -0.496 e. The van der Waals surface area contributed by atoms with Crippen LogP contribution >= 0.6 is 11.6 Å². The lowest BCUT2D eigenvalue weighted by molar-refractivity contribution is -0.152. The first-order chi connectivity index (χ1) is 12.9. The molecule has 6 nitrogen and oxygen atoms in total. The first-order valence-corrected chi connectivity index (χ1v) is 8.87. The molecule has 144 valence electrons. The Morgan fingerprint density at radius 3 is 2.59 bits per heavy atom. The van der Waals surface area contributed by atoms with Crippen LogP contribution in [0.1, 0.15) is 19.4 Å². The molecule has 0 saturated carbocycles. The highest BCUT2D eigenvalue weighted by molar-refractivity contribution is 6.30. The predicted octanol–water partition coefficient (Wildman–Crippen LogP) is 3.86. The van der Waals surface area contributed by atoms with Crippen molar-refractivity contribution in [2.45, 2.75) is 26.4 Å². The second-order valence-corrected chi connectivity index (χ2v) is 6.12. The quantitative estimate of drug-likeness (QED) is 0.691. The van der Waals surface area contributed by atoms with Crippen molar-refractivity contribution >= 4 is 29.2 Å². The Balaban J connectivity index is 1.98. The average molecular weight is 392 g/mol.